The van der Waals surface area contributed by atoms with Gasteiger partial charge in [0.2, 0.25) is 15.9 Å². The van der Waals surface area contributed by atoms with Crippen LogP contribution in [-0.4, -0.2) is 32.2 Å². The molecule has 0 saturated heterocycles. The highest BCUT2D eigenvalue weighted by atomic mass is 35.5. The van der Waals surface area contributed by atoms with Gasteiger partial charge in [-0.05, 0) is 36.2 Å². The second kappa shape index (κ2) is 9.37. The molecule has 8 heteroatoms. The summed E-state index contributed by atoms with van der Waals surface area (Å²) in [5.41, 5.74) is 0.771. The summed E-state index contributed by atoms with van der Waals surface area (Å²) in [5, 5.41) is 3.80. The predicted octanol–water partition coefficient (Wildman–Crippen LogP) is 3.71. The summed E-state index contributed by atoms with van der Waals surface area (Å²) in [5.74, 6) is -0.165. The molecule has 5 nitrogen and oxygen atoms in total. The molecule has 0 aliphatic carbocycles. The Balaban J connectivity index is 1.79. The minimum Gasteiger partial charge on any atom is -0.352 e. The van der Waals surface area contributed by atoms with Crippen LogP contribution in [0.15, 0.2) is 53.4 Å². The first-order chi connectivity index (χ1) is 12.3. The van der Waals surface area contributed by atoms with Gasteiger partial charge in [-0.2, -0.15) is 0 Å². The second-order valence-corrected chi connectivity index (χ2v) is 8.64. The van der Waals surface area contributed by atoms with Gasteiger partial charge in [0, 0.05) is 36.6 Å². The summed E-state index contributed by atoms with van der Waals surface area (Å²) in [7, 11) is -2.02. The van der Waals surface area contributed by atoms with Crippen molar-refractivity contribution < 1.29 is 13.2 Å². The fourth-order valence-electron chi connectivity index (χ4n) is 2.30. The lowest BCUT2D eigenvalue weighted by atomic mass is 10.2. The summed E-state index contributed by atoms with van der Waals surface area (Å²) >= 11 is 11.9. The van der Waals surface area contributed by atoms with Crippen LogP contribution < -0.4 is 5.32 Å². The summed E-state index contributed by atoms with van der Waals surface area (Å²) in [6, 6.07) is 13.3. The first kappa shape index (κ1) is 20.7. The van der Waals surface area contributed by atoms with Crippen molar-refractivity contribution in [3.63, 3.8) is 0 Å². The molecule has 140 valence electrons. The molecule has 2 rings (SSSR count). The van der Waals surface area contributed by atoms with E-state index in [-0.39, 0.29) is 23.8 Å². The fraction of sp³-hybridized carbons (Fsp3) is 0.278. The van der Waals surface area contributed by atoms with Crippen molar-refractivity contribution in [2.45, 2.75) is 24.3 Å². The van der Waals surface area contributed by atoms with Crippen LogP contribution in [0.25, 0.3) is 0 Å². The van der Waals surface area contributed by atoms with E-state index in [0.29, 0.717) is 23.0 Å². The molecule has 0 aromatic heterocycles. The molecule has 0 unspecified atom stereocenters. The van der Waals surface area contributed by atoms with Crippen molar-refractivity contribution in [1.82, 2.24) is 9.62 Å². The third-order valence-corrected chi connectivity index (χ3v) is 6.28. The Labute approximate surface area is 164 Å². The monoisotopic (exact) mass is 414 g/mol. The lowest BCUT2D eigenvalue weighted by Gasteiger charge is -2.17. The number of carbonyl (C=O) groups is 1. The number of hydrogen-bond donors (Lipinski definition) is 1. The first-order valence-corrected chi connectivity index (χ1v) is 10.2. The van der Waals surface area contributed by atoms with E-state index < -0.39 is 10.0 Å². The zero-order chi connectivity index (χ0) is 19.2. The van der Waals surface area contributed by atoms with Gasteiger partial charge in [0.25, 0.3) is 0 Å². The van der Waals surface area contributed by atoms with E-state index in [1.54, 1.807) is 48.5 Å². The summed E-state index contributed by atoms with van der Waals surface area (Å²) < 4.78 is 26.0. The SMILES string of the molecule is CN(CCCC(=O)NCc1ccc(Cl)cc1Cl)S(=O)(=O)c1ccccc1. The molecule has 0 spiro atoms. The van der Waals surface area contributed by atoms with Gasteiger partial charge < -0.3 is 5.32 Å². The third kappa shape index (κ3) is 5.71. The quantitative estimate of drug-likeness (QED) is 0.715. The molecule has 0 heterocycles. The molecule has 0 fully saturated rings. The van der Waals surface area contributed by atoms with Crippen LogP contribution in [0.1, 0.15) is 18.4 Å². The zero-order valence-corrected chi connectivity index (χ0v) is 16.6. The number of amides is 1. The Morgan fingerprint density at radius 2 is 1.81 bits per heavy atom. The number of nitrogens with one attached hydrogen (secondary N) is 1. The first-order valence-electron chi connectivity index (χ1n) is 8.02. The lowest BCUT2D eigenvalue weighted by Crippen LogP contribution is -2.29. The average Bonchev–Trinajstić information content (AvgIpc) is 2.61. The molecule has 2 aromatic rings. The number of benzene rings is 2. The van der Waals surface area contributed by atoms with E-state index in [1.165, 1.54) is 11.4 Å². The largest absolute Gasteiger partial charge is 0.352 e. The van der Waals surface area contributed by atoms with Crippen LogP contribution in [-0.2, 0) is 21.4 Å². The maximum absolute atomic E-state index is 12.4. The minimum atomic E-state index is -3.53. The van der Waals surface area contributed by atoms with Gasteiger partial charge in [0.05, 0.1) is 4.90 Å². The third-order valence-electron chi connectivity index (χ3n) is 3.82. The van der Waals surface area contributed by atoms with Gasteiger partial charge in [-0.3, -0.25) is 4.79 Å². The van der Waals surface area contributed by atoms with Crippen LogP contribution in [0, 0.1) is 0 Å². The van der Waals surface area contributed by atoms with Crippen LogP contribution in [0.4, 0.5) is 0 Å². The van der Waals surface area contributed by atoms with Gasteiger partial charge >= 0.3 is 0 Å². The number of rotatable bonds is 8. The molecular weight excluding hydrogens is 395 g/mol. The van der Waals surface area contributed by atoms with Crippen molar-refractivity contribution in [2.24, 2.45) is 0 Å². The van der Waals surface area contributed by atoms with Crippen LogP contribution in [0.5, 0.6) is 0 Å². The van der Waals surface area contributed by atoms with Gasteiger partial charge in [0.15, 0.2) is 0 Å². The van der Waals surface area contributed by atoms with Crippen LogP contribution >= 0.6 is 23.2 Å². The summed E-state index contributed by atoms with van der Waals surface area (Å²) in [4.78, 5) is 12.2. The van der Waals surface area contributed by atoms with Crippen LogP contribution in [0.3, 0.4) is 0 Å². The highest BCUT2D eigenvalue weighted by Gasteiger charge is 2.20. The normalized spacial score (nSPS) is 11.5. The van der Waals surface area contributed by atoms with Crippen molar-refractivity contribution in [3.05, 3.63) is 64.1 Å². The Morgan fingerprint density at radius 1 is 1.12 bits per heavy atom. The molecular formula is C18H20Cl2N2O3S. The standard InChI is InChI=1S/C18H20Cl2N2O3S/c1-22(26(24,25)16-6-3-2-4-7-16)11-5-8-18(23)21-13-14-9-10-15(19)12-17(14)20/h2-4,6-7,9-10,12H,5,8,11,13H2,1H3,(H,21,23). The maximum atomic E-state index is 12.4. The number of hydrogen-bond acceptors (Lipinski definition) is 3. The van der Waals surface area contributed by atoms with Gasteiger partial charge in [0.1, 0.15) is 0 Å². The molecule has 1 amide bonds. The van der Waals surface area contributed by atoms with Gasteiger partial charge in [-0.1, -0.05) is 47.5 Å². The number of carbonyl (C=O) groups excluding carboxylic acids is 1. The number of halogens is 2. The molecule has 0 aliphatic rings. The highest BCUT2D eigenvalue weighted by Crippen LogP contribution is 2.20. The zero-order valence-electron chi connectivity index (χ0n) is 14.3. The molecule has 0 atom stereocenters. The fourth-order valence-corrected chi connectivity index (χ4v) is 4.01. The molecule has 0 saturated carbocycles. The number of nitrogens with zero attached hydrogens (tertiary/aromatic N) is 1. The molecule has 0 bridgehead atoms. The molecule has 26 heavy (non-hydrogen) atoms. The van der Waals surface area contributed by atoms with Crippen molar-refractivity contribution in [3.8, 4) is 0 Å². The smallest absolute Gasteiger partial charge is 0.242 e. The number of sulfonamides is 1. The van der Waals surface area contributed by atoms with Crippen LogP contribution in [0.2, 0.25) is 10.0 Å². The summed E-state index contributed by atoms with van der Waals surface area (Å²) in [6.45, 7) is 0.555. The Kier molecular flexibility index (Phi) is 7.46. The van der Waals surface area contributed by atoms with Crippen molar-refractivity contribution in [2.75, 3.05) is 13.6 Å². The maximum Gasteiger partial charge on any atom is 0.242 e. The Bertz CT molecular complexity index is 858. The van der Waals surface area contributed by atoms with E-state index in [4.69, 9.17) is 23.2 Å². The molecule has 0 radical (unpaired) electrons. The van der Waals surface area contributed by atoms with Crippen molar-refractivity contribution in [1.29, 1.82) is 0 Å². The lowest BCUT2D eigenvalue weighted by molar-refractivity contribution is -0.121. The van der Waals surface area contributed by atoms with Gasteiger partial charge in [-0.25, -0.2) is 12.7 Å². The topological polar surface area (TPSA) is 66.5 Å². The Morgan fingerprint density at radius 3 is 2.46 bits per heavy atom. The average molecular weight is 415 g/mol. The van der Waals surface area contributed by atoms with E-state index in [0.717, 1.165) is 5.56 Å². The van der Waals surface area contributed by atoms with E-state index in [9.17, 15) is 13.2 Å². The van der Waals surface area contributed by atoms with Crippen molar-refractivity contribution >= 4 is 39.1 Å². The summed E-state index contributed by atoms with van der Waals surface area (Å²) in [6.07, 6.45) is 0.641. The van der Waals surface area contributed by atoms with E-state index in [2.05, 4.69) is 5.32 Å². The highest BCUT2D eigenvalue weighted by molar-refractivity contribution is 7.89. The van der Waals surface area contributed by atoms with E-state index in [1.807, 2.05) is 0 Å². The minimum absolute atomic E-state index is 0.165. The predicted molar refractivity (Wildman–Crippen MR) is 104 cm³/mol. The molecule has 1 N–H and O–H groups in total. The Hall–Kier alpha value is -1.60. The molecule has 0 aliphatic heterocycles. The molecule has 2 aromatic carbocycles. The van der Waals surface area contributed by atoms with E-state index >= 15 is 0 Å². The second-order valence-electron chi connectivity index (χ2n) is 5.76. The van der Waals surface area contributed by atoms with Gasteiger partial charge in [-0.15, -0.1) is 0 Å².